The van der Waals surface area contributed by atoms with Gasteiger partial charge in [-0.1, -0.05) is 95.4 Å². The predicted molar refractivity (Wildman–Crippen MR) is 160 cm³/mol. The van der Waals surface area contributed by atoms with Crippen LogP contribution in [0.4, 0.5) is 4.39 Å². The standard InChI is InChI=1S/C34H50FN3O/c1-4-5-6-7-8-9-10-11-12-13-25-34(28-36,30-16-14-18-33(27-30)39-3)26-15-17-32(38-37-2)24-21-29-19-22-31(35)23-20-29/h14,16,18-20,22-23,27,32H,4-13,15,17,21,24-26H2,1-3H3/b38-37+. The van der Waals surface area contributed by atoms with Crippen molar-refractivity contribution in [1.29, 1.82) is 5.26 Å². The van der Waals surface area contributed by atoms with E-state index in [0.717, 1.165) is 61.8 Å². The Morgan fingerprint density at radius 1 is 0.872 bits per heavy atom. The number of aryl methyl sites for hydroxylation is 1. The first-order valence-corrected chi connectivity index (χ1v) is 15.2. The zero-order valence-electron chi connectivity index (χ0n) is 24.6. The summed E-state index contributed by atoms with van der Waals surface area (Å²) in [5.41, 5.74) is 1.64. The lowest BCUT2D eigenvalue weighted by molar-refractivity contribution is 0.392. The van der Waals surface area contributed by atoms with E-state index in [9.17, 15) is 9.65 Å². The lowest BCUT2D eigenvalue weighted by atomic mass is 9.73. The Morgan fingerprint density at radius 2 is 1.51 bits per heavy atom. The number of unbranched alkanes of at least 4 members (excludes halogenated alkanes) is 9. The molecule has 0 bridgehead atoms. The van der Waals surface area contributed by atoms with Crippen molar-refractivity contribution in [2.45, 2.75) is 121 Å². The fraction of sp³-hybridized carbons (Fsp3) is 0.618. The summed E-state index contributed by atoms with van der Waals surface area (Å²) in [6.07, 6.45) is 18.0. The molecule has 0 fully saturated rings. The number of methoxy groups -OCH3 is 1. The Labute approximate surface area is 237 Å². The third-order valence-electron chi connectivity index (χ3n) is 7.89. The smallest absolute Gasteiger partial charge is 0.123 e. The summed E-state index contributed by atoms with van der Waals surface area (Å²) in [5.74, 6) is 0.587. The first kappa shape index (κ1) is 32.5. The molecular formula is C34H50FN3O. The lowest BCUT2D eigenvalue weighted by Gasteiger charge is -2.28. The molecule has 2 aromatic carbocycles. The highest BCUT2D eigenvalue weighted by atomic mass is 19.1. The Morgan fingerprint density at radius 3 is 2.13 bits per heavy atom. The summed E-state index contributed by atoms with van der Waals surface area (Å²) in [6, 6.07) is 17.6. The first-order chi connectivity index (χ1) is 19.1. The van der Waals surface area contributed by atoms with E-state index in [1.54, 1.807) is 14.2 Å². The summed E-state index contributed by atoms with van der Waals surface area (Å²) in [6.45, 7) is 2.26. The summed E-state index contributed by atoms with van der Waals surface area (Å²) in [4.78, 5) is 0. The quantitative estimate of drug-likeness (QED) is 0.118. The number of rotatable bonds is 21. The SMILES string of the molecule is CCCCCCCCCCCCC(C#N)(CCCC(CCc1ccc(F)cc1)/N=N/C)c1cccc(OC)c1. The van der Waals surface area contributed by atoms with Crippen LogP contribution in [-0.2, 0) is 11.8 Å². The van der Waals surface area contributed by atoms with Crippen molar-refractivity contribution >= 4 is 0 Å². The van der Waals surface area contributed by atoms with Crippen molar-refractivity contribution in [2.75, 3.05) is 14.2 Å². The van der Waals surface area contributed by atoms with Crippen LogP contribution in [0.3, 0.4) is 0 Å². The highest BCUT2D eigenvalue weighted by Crippen LogP contribution is 2.37. The molecule has 0 aliphatic heterocycles. The van der Waals surface area contributed by atoms with Crippen molar-refractivity contribution < 1.29 is 9.13 Å². The van der Waals surface area contributed by atoms with Crippen LogP contribution in [0.25, 0.3) is 0 Å². The van der Waals surface area contributed by atoms with E-state index in [4.69, 9.17) is 4.74 Å². The van der Waals surface area contributed by atoms with Crippen LogP contribution < -0.4 is 4.74 Å². The molecular weight excluding hydrogens is 485 g/mol. The van der Waals surface area contributed by atoms with Crippen LogP contribution in [0.2, 0.25) is 0 Å². The van der Waals surface area contributed by atoms with Crippen molar-refractivity contribution in [2.24, 2.45) is 10.2 Å². The number of hydrogen-bond donors (Lipinski definition) is 0. The van der Waals surface area contributed by atoms with Gasteiger partial charge in [0.15, 0.2) is 0 Å². The molecule has 0 amide bonds. The average molecular weight is 536 g/mol. The van der Waals surface area contributed by atoms with Gasteiger partial charge in [0.05, 0.1) is 24.6 Å². The molecule has 0 spiro atoms. The normalized spacial score (nSPS) is 13.7. The highest BCUT2D eigenvalue weighted by Gasteiger charge is 2.32. The van der Waals surface area contributed by atoms with E-state index in [-0.39, 0.29) is 11.9 Å². The second-order valence-electron chi connectivity index (χ2n) is 10.9. The number of benzene rings is 2. The number of ether oxygens (including phenoxy) is 1. The zero-order valence-corrected chi connectivity index (χ0v) is 24.6. The number of nitrogens with zero attached hydrogens (tertiary/aromatic N) is 3. The minimum absolute atomic E-state index is 0.0964. The van der Waals surface area contributed by atoms with Crippen molar-refractivity contribution in [3.8, 4) is 11.8 Å². The van der Waals surface area contributed by atoms with Gasteiger partial charge in [-0.3, -0.25) is 0 Å². The predicted octanol–water partition coefficient (Wildman–Crippen LogP) is 10.2. The summed E-state index contributed by atoms with van der Waals surface area (Å²) >= 11 is 0. The lowest BCUT2D eigenvalue weighted by Crippen LogP contribution is -2.25. The molecule has 39 heavy (non-hydrogen) atoms. The molecule has 0 saturated carbocycles. The second kappa shape index (κ2) is 19.3. The first-order valence-electron chi connectivity index (χ1n) is 15.2. The molecule has 2 aromatic rings. The molecule has 214 valence electrons. The number of nitriles is 1. The third kappa shape index (κ3) is 12.3. The molecule has 0 radical (unpaired) electrons. The molecule has 0 aromatic heterocycles. The van der Waals surface area contributed by atoms with E-state index in [1.165, 1.54) is 69.9 Å². The van der Waals surface area contributed by atoms with Crippen LogP contribution in [0.1, 0.15) is 114 Å². The summed E-state index contributed by atoms with van der Waals surface area (Å²) in [7, 11) is 3.39. The summed E-state index contributed by atoms with van der Waals surface area (Å²) in [5, 5.41) is 19.1. The van der Waals surface area contributed by atoms with Crippen molar-refractivity contribution in [3.63, 3.8) is 0 Å². The monoisotopic (exact) mass is 535 g/mol. The molecule has 0 aliphatic carbocycles. The Bertz CT molecular complexity index is 985. The van der Waals surface area contributed by atoms with E-state index in [2.05, 4.69) is 29.3 Å². The Balaban J connectivity index is 1.94. The van der Waals surface area contributed by atoms with Crippen LogP contribution in [-0.4, -0.2) is 20.2 Å². The van der Waals surface area contributed by atoms with Gasteiger partial charge in [-0.15, -0.1) is 0 Å². The van der Waals surface area contributed by atoms with Gasteiger partial charge in [0.25, 0.3) is 0 Å². The minimum Gasteiger partial charge on any atom is -0.497 e. The number of hydrogen-bond acceptors (Lipinski definition) is 4. The van der Waals surface area contributed by atoms with Gasteiger partial charge in [-0.05, 0) is 73.9 Å². The van der Waals surface area contributed by atoms with Crippen molar-refractivity contribution in [1.82, 2.24) is 0 Å². The van der Waals surface area contributed by atoms with Gasteiger partial charge in [0.2, 0.25) is 0 Å². The van der Waals surface area contributed by atoms with Gasteiger partial charge >= 0.3 is 0 Å². The van der Waals surface area contributed by atoms with E-state index < -0.39 is 5.41 Å². The fourth-order valence-corrected chi connectivity index (χ4v) is 5.47. The van der Waals surface area contributed by atoms with Gasteiger partial charge < -0.3 is 4.74 Å². The molecule has 0 N–H and O–H groups in total. The Kier molecular flexibility index (Phi) is 16.1. The van der Waals surface area contributed by atoms with Gasteiger partial charge in [0, 0.05) is 7.05 Å². The van der Waals surface area contributed by atoms with E-state index in [0.29, 0.717) is 0 Å². The molecule has 0 saturated heterocycles. The molecule has 0 aliphatic rings. The van der Waals surface area contributed by atoms with Gasteiger partial charge in [-0.25, -0.2) is 4.39 Å². The molecule has 2 rings (SSSR count). The van der Waals surface area contributed by atoms with Gasteiger partial charge in [0.1, 0.15) is 11.6 Å². The highest BCUT2D eigenvalue weighted by molar-refractivity contribution is 5.38. The zero-order chi connectivity index (χ0) is 28.2. The summed E-state index contributed by atoms with van der Waals surface area (Å²) < 4.78 is 18.8. The maximum Gasteiger partial charge on any atom is 0.123 e. The van der Waals surface area contributed by atoms with E-state index in [1.807, 2.05) is 30.3 Å². The molecule has 0 heterocycles. The fourth-order valence-electron chi connectivity index (χ4n) is 5.47. The second-order valence-corrected chi connectivity index (χ2v) is 10.9. The average Bonchev–Trinajstić information content (AvgIpc) is 2.96. The number of azo groups is 1. The third-order valence-corrected chi connectivity index (χ3v) is 7.89. The largest absolute Gasteiger partial charge is 0.497 e. The van der Waals surface area contributed by atoms with Crippen LogP contribution in [0.5, 0.6) is 5.75 Å². The Hall–Kier alpha value is -2.74. The van der Waals surface area contributed by atoms with E-state index >= 15 is 0 Å². The topological polar surface area (TPSA) is 57.7 Å². The van der Waals surface area contributed by atoms with Crippen LogP contribution in [0.15, 0.2) is 58.8 Å². The maximum atomic E-state index is 13.3. The molecule has 5 heteroatoms. The molecule has 2 atom stereocenters. The molecule has 2 unspecified atom stereocenters. The maximum absolute atomic E-state index is 13.3. The minimum atomic E-state index is -0.528. The van der Waals surface area contributed by atoms with Crippen molar-refractivity contribution in [3.05, 3.63) is 65.5 Å². The number of halogens is 1. The van der Waals surface area contributed by atoms with Gasteiger partial charge in [-0.2, -0.15) is 15.5 Å². The molecule has 4 nitrogen and oxygen atoms in total. The van der Waals surface area contributed by atoms with Crippen LogP contribution in [0, 0.1) is 17.1 Å². The van der Waals surface area contributed by atoms with Crippen LogP contribution >= 0.6 is 0 Å².